The van der Waals surface area contributed by atoms with Gasteiger partial charge in [-0.15, -0.1) is 0 Å². The van der Waals surface area contributed by atoms with E-state index in [9.17, 15) is 8.42 Å². The molecule has 0 fully saturated rings. The van der Waals surface area contributed by atoms with Gasteiger partial charge in [-0.1, -0.05) is 15.9 Å². The Morgan fingerprint density at radius 3 is 2.55 bits per heavy atom. The summed E-state index contributed by atoms with van der Waals surface area (Å²) >= 11 is 3.21. The molecule has 0 amide bonds. The molecule has 1 heterocycles. The number of halogens is 1. The van der Waals surface area contributed by atoms with E-state index in [2.05, 4.69) is 30.6 Å². The monoisotopic (exact) mass is 353 g/mol. The highest BCUT2D eigenvalue weighted by Gasteiger charge is 2.17. The van der Waals surface area contributed by atoms with Crippen LogP contribution in [0.25, 0.3) is 0 Å². The van der Waals surface area contributed by atoms with Crippen LogP contribution in [0, 0.1) is 11.3 Å². The summed E-state index contributed by atoms with van der Waals surface area (Å²) in [5, 5.41) is 8.97. The first-order valence-electron chi connectivity index (χ1n) is 5.22. The van der Waals surface area contributed by atoms with E-state index in [1.54, 1.807) is 6.07 Å². The summed E-state index contributed by atoms with van der Waals surface area (Å²) in [6, 6.07) is 6.54. The maximum absolute atomic E-state index is 12.1. The number of nitrogen functional groups attached to an aromatic ring is 1. The van der Waals surface area contributed by atoms with Gasteiger partial charge >= 0.3 is 0 Å². The van der Waals surface area contributed by atoms with E-state index in [1.807, 2.05) is 6.07 Å². The number of rotatable bonds is 3. The van der Waals surface area contributed by atoms with Crippen LogP contribution in [0.3, 0.4) is 0 Å². The first-order valence-corrected chi connectivity index (χ1v) is 7.50. The van der Waals surface area contributed by atoms with E-state index in [-0.39, 0.29) is 22.1 Å². The molecule has 9 heteroatoms. The van der Waals surface area contributed by atoms with Crippen molar-refractivity contribution < 1.29 is 8.42 Å². The molecule has 0 bridgehead atoms. The molecule has 20 heavy (non-hydrogen) atoms. The number of aromatic nitrogens is 2. The summed E-state index contributed by atoms with van der Waals surface area (Å²) < 4.78 is 27.2. The Morgan fingerprint density at radius 2 is 1.95 bits per heavy atom. The van der Waals surface area contributed by atoms with Crippen molar-refractivity contribution in [2.45, 2.75) is 4.90 Å². The molecule has 0 saturated heterocycles. The average molecular weight is 354 g/mol. The molecule has 0 unspecified atom stereocenters. The Morgan fingerprint density at radius 1 is 1.30 bits per heavy atom. The first kappa shape index (κ1) is 14.2. The van der Waals surface area contributed by atoms with Crippen molar-refractivity contribution in [3.63, 3.8) is 0 Å². The molecule has 0 spiro atoms. The number of nitrogens with two attached hydrogens (primary N) is 1. The number of nitrogens with one attached hydrogen (secondary N) is 1. The zero-order chi connectivity index (χ0) is 14.8. The third-order valence-electron chi connectivity index (χ3n) is 2.30. The Kier molecular flexibility index (Phi) is 3.87. The largest absolute Gasteiger partial charge is 0.368 e. The van der Waals surface area contributed by atoms with E-state index in [4.69, 9.17) is 11.0 Å². The van der Waals surface area contributed by atoms with Gasteiger partial charge in [0.15, 0.2) is 0 Å². The molecular weight excluding hydrogens is 346 g/mol. The molecule has 7 nitrogen and oxygen atoms in total. The molecule has 2 rings (SSSR count). The zero-order valence-corrected chi connectivity index (χ0v) is 12.3. The summed E-state index contributed by atoms with van der Waals surface area (Å²) in [6.07, 6.45) is 2.18. The lowest BCUT2D eigenvalue weighted by atomic mass is 10.2. The van der Waals surface area contributed by atoms with Gasteiger partial charge < -0.3 is 5.73 Å². The minimum Gasteiger partial charge on any atom is -0.368 e. The lowest BCUT2D eigenvalue weighted by molar-refractivity contribution is 0.600. The van der Waals surface area contributed by atoms with Crippen LogP contribution in [0.5, 0.6) is 0 Å². The van der Waals surface area contributed by atoms with Gasteiger partial charge in [-0.3, -0.25) is 4.72 Å². The molecule has 3 N–H and O–H groups in total. The number of nitriles is 1. The van der Waals surface area contributed by atoms with Crippen molar-refractivity contribution in [2.75, 3.05) is 10.5 Å². The highest BCUT2D eigenvalue weighted by molar-refractivity contribution is 9.10. The molecule has 1 aromatic carbocycles. The van der Waals surface area contributed by atoms with Crippen LogP contribution in [-0.4, -0.2) is 18.4 Å². The molecule has 0 radical (unpaired) electrons. The van der Waals surface area contributed by atoms with Crippen molar-refractivity contribution in [3.8, 4) is 6.07 Å². The van der Waals surface area contributed by atoms with Crippen molar-refractivity contribution in [2.24, 2.45) is 0 Å². The predicted molar refractivity (Wildman–Crippen MR) is 76.1 cm³/mol. The Balaban J connectivity index is 2.41. The number of anilines is 2. The van der Waals surface area contributed by atoms with Gasteiger partial charge in [-0.05, 0) is 18.2 Å². The van der Waals surface area contributed by atoms with Gasteiger partial charge in [0, 0.05) is 4.47 Å². The molecule has 0 aliphatic carbocycles. The normalized spacial score (nSPS) is 10.8. The maximum Gasteiger partial charge on any atom is 0.265 e. The predicted octanol–water partition coefficient (Wildman–Crippen LogP) is 1.49. The van der Waals surface area contributed by atoms with E-state index in [0.29, 0.717) is 4.47 Å². The lowest BCUT2D eigenvalue weighted by Crippen LogP contribution is -2.15. The second-order valence-corrected chi connectivity index (χ2v) is 6.28. The quantitative estimate of drug-likeness (QED) is 0.861. The molecular formula is C11H8BrN5O2S. The fourth-order valence-electron chi connectivity index (χ4n) is 1.37. The number of nitrogens with zero attached hydrogens (tertiary/aromatic N) is 3. The molecule has 0 atom stereocenters. The summed E-state index contributed by atoms with van der Waals surface area (Å²) in [4.78, 5) is 7.10. The van der Waals surface area contributed by atoms with Gasteiger partial charge in [-0.25, -0.2) is 18.4 Å². The number of benzene rings is 1. The van der Waals surface area contributed by atoms with Gasteiger partial charge in [0.1, 0.15) is 11.0 Å². The van der Waals surface area contributed by atoms with E-state index >= 15 is 0 Å². The third-order valence-corrected chi connectivity index (χ3v) is 4.12. The fraction of sp³-hybridized carbons (Fsp3) is 0. The van der Waals surface area contributed by atoms with E-state index in [0.717, 1.165) is 12.4 Å². The minimum atomic E-state index is -3.88. The van der Waals surface area contributed by atoms with Crippen LogP contribution in [0.15, 0.2) is 40.0 Å². The Bertz CT molecular complexity index is 783. The van der Waals surface area contributed by atoms with Crippen LogP contribution < -0.4 is 10.5 Å². The molecule has 0 aliphatic rings. The highest BCUT2D eigenvalue weighted by Crippen LogP contribution is 2.23. The number of hydrogen-bond donors (Lipinski definition) is 2. The summed E-state index contributed by atoms with van der Waals surface area (Å²) in [5.41, 5.74) is 5.67. The lowest BCUT2D eigenvalue weighted by Gasteiger charge is -2.09. The van der Waals surface area contributed by atoms with E-state index in [1.165, 1.54) is 12.1 Å². The van der Waals surface area contributed by atoms with Crippen LogP contribution >= 0.6 is 15.9 Å². The molecule has 102 valence electrons. The SMILES string of the molecule is N#Cc1ccc(Br)cc1NS(=O)(=O)c1cnc(N)nc1. The van der Waals surface area contributed by atoms with Crippen molar-refractivity contribution in [1.29, 1.82) is 5.26 Å². The first-order chi connectivity index (χ1) is 9.42. The Labute approximate surface area is 123 Å². The second kappa shape index (κ2) is 5.44. The topological polar surface area (TPSA) is 122 Å². The molecule has 2 aromatic rings. The summed E-state index contributed by atoms with van der Waals surface area (Å²) in [5.74, 6) is -0.0240. The Hall–Kier alpha value is -2.18. The average Bonchev–Trinajstić information content (AvgIpc) is 2.39. The summed E-state index contributed by atoms with van der Waals surface area (Å²) in [7, 11) is -3.88. The van der Waals surface area contributed by atoms with Gasteiger partial charge in [-0.2, -0.15) is 5.26 Å². The van der Waals surface area contributed by atoms with Crippen molar-refractivity contribution in [3.05, 3.63) is 40.6 Å². The van der Waals surface area contributed by atoms with Crippen LogP contribution in [0.2, 0.25) is 0 Å². The highest BCUT2D eigenvalue weighted by atomic mass is 79.9. The minimum absolute atomic E-state index is 0.0240. The van der Waals surface area contributed by atoms with Gasteiger partial charge in [0.05, 0.1) is 23.6 Å². The molecule has 1 aromatic heterocycles. The molecule has 0 aliphatic heterocycles. The van der Waals surface area contributed by atoms with Gasteiger partial charge in [0.25, 0.3) is 10.0 Å². The van der Waals surface area contributed by atoms with Crippen molar-refractivity contribution in [1.82, 2.24) is 9.97 Å². The van der Waals surface area contributed by atoms with Crippen LogP contribution in [-0.2, 0) is 10.0 Å². The summed E-state index contributed by atoms with van der Waals surface area (Å²) in [6.45, 7) is 0. The second-order valence-electron chi connectivity index (χ2n) is 3.68. The molecule has 0 saturated carbocycles. The van der Waals surface area contributed by atoms with Gasteiger partial charge in [0.2, 0.25) is 5.95 Å². The standard InChI is InChI=1S/C11H8BrN5O2S/c12-8-2-1-7(4-13)10(3-8)17-20(18,19)9-5-15-11(14)16-6-9/h1-3,5-6,17H,(H2,14,15,16). The third kappa shape index (κ3) is 3.04. The van der Waals surface area contributed by atoms with Crippen LogP contribution in [0.1, 0.15) is 5.56 Å². The fourth-order valence-corrected chi connectivity index (χ4v) is 2.69. The van der Waals surface area contributed by atoms with Crippen molar-refractivity contribution >= 4 is 37.6 Å². The smallest absolute Gasteiger partial charge is 0.265 e. The van der Waals surface area contributed by atoms with E-state index < -0.39 is 10.0 Å². The number of sulfonamides is 1. The van der Waals surface area contributed by atoms with Crippen LogP contribution in [0.4, 0.5) is 11.6 Å². The zero-order valence-electron chi connectivity index (χ0n) is 9.91. The maximum atomic E-state index is 12.1. The number of hydrogen-bond acceptors (Lipinski definition) is 6.